The second-order valence-corrected chi connectivity index (χ2v) is 8.86. The number of carbonyl (C=O) groups excluding carboxylic acids is 2. The van der Waals surface area contributed by atoms with Crippen molar-refractivity contribution in [3.8, 4) is 0 Å². The lowest BCUT2D eigenvalue weighted by Gasteiger charge is -2.15. The van der Waals surface area contributed by atoms with Gasteiger partial charge in [0.1, 0.15) is 12.2 Å². The number of hydrogen-bond acceptors (Lipinski definition) is 5. The molecule has 186 valence electrons. The van der Waals surface area contributed by atoms with Gasteiger partial charge in [-0.1, -0.05) is 75.6 Å². The van der Waals surface area contributed by atoms with E-state index in [0.29, 0.717) is 18.7 Å². The second-order valence-electron chi connectivity index (χ2n) is 8.86. The van der Waals surface area contributed by atoms with Crippen LogP contribution < -0.4 is 10.6 Å². The molecule has 0 saturated heterocycles. The van der Waals surface area contributed by atoms with Crippen molar-refractivity contribution in [2.75, 3.05) is 13.1 Å². The summed E-state index contributed by atoms with van der Waals surface area (Å²) in [4.78, 5) is 34.1. The topological polar surface area (TPSA) is 125 Å². The van der Waals surface area contributed by atoms with Crippen molar-refractivity contribution >= 4 is 18.0 Å². The van der Waals surface area contributed by atoms with Crippen molar-refractivity contribution in [2.45, 2.75) is 90.3 Å². The molecule has 1 aromatic rings. The molecule has 33 heavy (non-hydrogen) atoms. The van der Waals surface area contributed by atoms with Crippen molar-refractivity contribution in [2.24, 2.45) is 0 Å². The van der Waals surface area contributed by atoms with Gasteiger partial charge >= 0.3 is 12.2 Å². The van der Waals surface area contributed by atoms with E-state index >= 15 is 0 Å². The molecule has 0 bridgehead atoms. The fourth-order valence-electron chi connectivity index (χ4n) is 3.36. The highest BCUT2D eigenvalue weighted by Crippen LogP contribution is 2.14. The summed E-state index contributed by atoms with van der Waals surface area (Å²) in [7, 11) is 0. The SMILES string of the molecule is CC(C)(O)C(=O)c1ccc(COC(=O)NCCCCCCCCCCCCNC(=O)O)cc1. The van der Waals surface area contributed by atoms with Gasteiger partial charge in [0.2, 0.25) is 0 Å². The molecule has 0 saturated carbocycles. The van der Waals surface area contributed by atoms with E-state index in [9.17, 15) is 19.5 Å². The Morgan fingerprint density at radius 2 is 1.24 bits per heavy atom. The third-order valence-corrected chi connectivity index (χ3v) is 5.29. The van der Waals surface area contributed by atoms with Crippen molar-refractivity contribution in [1.29, 1.82) is 0 Å². The summed E-state index contributed by atoms with van der Waals surface area (Å²) in [5.74, 6) is -0.351. The summed E-state index contributed by atoms with van der Waals surface area (Å²) < 4.78 is 5.20. The number of carboxylic acid groups (broad SMARTS) is 1. The highest BCUT2D eigenvalue weighted by atomic mass is 16.5. The first-order valence-corrected chi connectivity index (χ1v) is 11.9. The quantitative estimate of drug-likeness (QED) is 0.189. The second kappa shape index (κ2) is 16.1. The van der Waals surface area contributed by atoms with Crippen LogP contribution in [0.2, 0.25) is 0 Å². The molecule has 0 heterocycles. The zero-order valence-electron chi connectivity index (χ0n) is 20.0. The Bertz CT molecular complexity index is 713. The first kappa shape index (κ1) is 28.4. The first-order chi connectivity index (χ1) is 15.7. The molecule has 8 heteroatoms. The normalized spacial score (nSPS) is 11.1. The van der Waals surface area contributed by atoms with E-state index in [0.717, 1.165) is 44.1 Å². The number of carbonyl (C=O) groups is 3. The summed E-state index contributed by atoms with van der Waals surface area (Å²) in [6, 6.07) is 6.67. The zero-order valence-corrected chi connectivity index (χ0v) is 20.0. The van der Waals surface area contributed by atoms with E-state index in [1.807, 2.05) is 0 Å². The average molecular weight is 465 g/mol. The number of amides is 2. The summed E-state index contributed by atoms with van der Waals surface area (Å²) in [5.41, 5.74) is -0.225. The van der Waals surface area contributed by atoms with Gasteiger partial charge in [-0.15, -0.1) is 0 Å². The number of benzene rings is 1. The van der Waals surface area contributed by atoms with E-state index in [2.05, 4.69) is 10.6 Å². The van der Waals surface area contributed by atoms with E-state index in [1.54, 1.807) is 24.3 Å². The maximum atomic E-state index is 12.0. The number of rotatable bonds is 17. The fourth-order valence-corrected chi connectivity index (χ4v) is 3.36. The molecular formula is C25H40N2O6. The summed E-state index contributed by atoms with van der Waals surface area (Å²) >= 11 is 0. The fraction of sp³-hybridized carbons (Fsp3) is 0.640. The third-order valence-electron chi connectivity index (χ3n) is 5.29. The van der Waals surface area contributed by atoms with Gasteiger partial charge in [0.25, 0.3) is 0 Å². The molecule has 0 spiro atoms. The number of aliphatic hydroxyl groups is 1. The van der Waals surface area contributed by atoms with Crippen LogP contribution in [0.5, 0.6) is 0 Å². The lowest BCUT2D eigenvalue weighted by molar-refractivity contribution is 0.0488. The van der Waals surface area contributed by atoms with Crippen molar-refractivity contribution in [3.05, 3.63) is 35.4 Å². The molecule has 8 nitrogen and oxygen atoms in total. The monoisotopic (exact) mass is 464 g/mol. The average Bonchev–Trinajstić information content (AvgIpc) is 2.77. The molecule has 0 aromatic heterocycles. The molecule has 4 N–H and O–H groups in total. The lowest BCUT2D eigenvalue weighted by atomic mass is 9.96. The predicted octanol–water partition coefficient (Wildman–Crippen LogP) is 5.04. The van der Waals surface area contributed by atoms with Crippen LogP contribution in [-0.2, 0) is 11.3 Å². The summed E-state index contributed by atoms with van der Waals surface area (Å²) in [6.45, 7) is 4.15. The van der Waals surface area contributed by atoms with Gasteiger partial charge in [-0.05, 0) is 32.3 Å². The Balaban J connectivity index is 1.97. The highest BCUT2D eigenvalue weighted by molar-refractivity contribution is 6.01. The number of Topliss-reactive ketones (excluding diaryl/α,β-unsaturated/α-hetero) is 1. The Hall–Kier alpha value is -2.61. The molecule has 0 aliphatic heterocycles. The molecular weight excluding hydrogens is 424 g/mol. The number of alkyl carbamates (subject to hydrolysis) is 1. The molecule has 1 aromatic carbocycles. The number of ketones is 1. The van der Waals surface area contributed by atoms with Crippen LogP contribution in [0.4, 0.5) is 9.59 Å². The minimum absolute atomic E-state index is 0.124. The van der Waals surface area contributed by atoms with Crippen molar-refractivity contribution < 1.29 is 29.3 Å². The maximum absolute atomic E-state index is 12.0. The van der Waals surface area contributed by atoms with E-state index in [4.69, 9.17) is 9.84 Å². The van der Waals surface area contributed by atoms with Crippen LogP contribution in [0.25, 0.3) is 0 Å². The number of hydrogen-bond donors (Lipinski definition) is 4. The number of nitrogens with one attached hydrogen (secondary N) is 2. The highest BCUT2D eigenvalue weighted by Gasteiger charge is 2.24. The molecule has 0 aliphatic rings. The van der Waals surface area contributed by atoms with E-state index in [-0.39, 0.29) is 12.4 Å². The largest absolute Gasteiger partial charge is 0.465 e. The van der Waals surface area contributed by atoms with Gasteiger partial charge < -0.3 is 25.6 Å². The van der Waals surface area contributed by atoms with Gasteiger partial charge in [-0.2, -0.15) is 0 Å². The zero-order chi connectivity index (χ0) is 24.5. The van der Waals surface area contributed by atoms with E-state index in [1.165, 1.54) is 39.5 Å². The standard InChI is InChI=1S/C25H40N2O6/c1-25(2,32)22(28)21-15-13-20(14-16-21)19-33-24(31)27-18-12-10-8-6-4-3-5-7-9-11-17-26-23(29)30/h13-16,26,32H,3-12,17-19H2,1-2H3,(H,27,31)(H,29,30). The van der Waals surface area contributed by atoms with Crippen LogP contribution >= 0.6 is 0 Å². The number of unbranched alkanes of at least 4 members (excludes halogenated alkanes) is 9. The molecule has 0 radical (unpaired) electrons. The molecule has 1 rings (SSSR count). The van der Waals surface area contributed by atoms with Crippen LogP contribution in [0.3, 0.4) is 0 Å². The van der Waals surface area contributed by atoms with Gasteiger partial charge in [0, 0.05) is 18.7 Å². The predicted molar refractivity (Wildman–Crippen MR) is 127 cm³/mol. The Morgan fingerprint density at radius 1 is 0.788 bits per heavy atom. The summed E-state index contributed by atoms with van der Waals surface area (Å²) in [5, 5.41) is 23.4. The van der Waals surface area contributed by atoms with Gasteiger partial charge in [0.15, 0.2) is 5.78 Å². The van der Waals surface area contributed by atoms with Crippen LogP contribution in [0, 0.1) is 0 Å². The van der Waals surface area contributed by atoms with Crippen LogP contribution in [-0.4, -0.2) is 46.9 Å². The molecule has 0 aliphatic carbocycles. The van der Waals surface area contributed by atoms with Gasteiger partial charge in [-0.25, -0.2) is 9.59 Å². The number of ether oxygens (including phenoxy) is 1. The minimum Gasteiger partial charge on any atom is -0.465 e. The molecule has 0 unspecified atom stereocenters. The van der Waals surface area contributed by atoms with Gasteiger partial charge in [-0.3, -0.25) is 4.79 Å². The van der Waals surface area contributed by atoms with Gasteiger partial charge in [0.05, 0.1) is 0 Å². The molecule has 2 amide bonds. The summed E-state index contributed by atoms with van der Waals surface area (Å²) in [6.07, 6.45) is 9.65. The van der Waals surface area contributed by atoms with Crippen molar-refractivity contribution in [3.63, 3.8) is 0 Å². The van der Waals surface area contributed by atoms with E-state index < -0.39 is 17.8 Å². The smallest absolute Gasteiger partial charge is 0.407 e. The van der Waals surface area contributed by atoms with Crippen LogP contribution in [0.1, 0.15) is 94.0 Å². The Labute approximate surface area is 197 Å². The van der Waals surface area contributed by atoms with Crippen molar-refractivity contribution in [1.82, 2.24) is 10.6 Å². The first-order valence-electron chi connectivity index (χ1n) is 11.9. The Kier molecular flexibility index (Phi) is 13.8. The molecule has 0 atom stereocenters. The molecule has 0 fully saturated rings. The van der Waals surface area contributed by atoms with Crippen LogP contribution in [0.15, 0.2) is 24.3 Å². The third kappa shape index (κ3) is 14.2. The maximum Gasteiger partial charge on any atom is 0.407 e. The lowest BCUT2D eigenvalue weighted by Crippen LogP contribution is -2.31. The Morgan fingerprint density at radius 3 is 1.70 bits per heavy atom. The minimum atomic E-state index is -1.42.